The van der Waals surface area contributed by atoms with Crippen molar-refractivity contribution < 1.29 is 9.47 Å². The van der Waals surface area contributed by atoms with Gasteiger partial charge in [0.05, 0.1) is 18.6 Å². The average molecular weight is 206 g/mol. The Bertz CT molecular complexity index is 342. The fraction of sp³-hybridized carbons (Fsp3) is 0.538. The van der Waals surface area contributed by atoms with Crippen LogP contribution in [-0.4, -0.2) is 20.3 Å². The van der Waals surface area contributed by atoms with Crippen molar-refractivity contribution in [3.63, 3.8) is 0 Å². The summed E-state index contributed by atoms with van der Waals surface area (Å²) >= 11 is 0. The Hall–Kier alpha value is -1.02. The van der Waals surface area contributed by atoms with Crippen molar-refractivity contribution in [2.75, 3.05) is 14.2 Å². The molecule has 0 bridgehead atoms. The van der Waals surface area contributed by atoms with E-state index >= 15 is 0 Å². The Kier molecular flexibility index (Phi) is 2.27. The minimum atomic E-state index is 0.0185. The molecule has 0 aliphatic heterocycles. The molecule has 2 nitrogen and oxygen atoms in total. The molecule has 3 atom stereocenters. The maximum atomic E-state index is 5.52. The van der Waals surface area contributed by atoms with Gasteiger partial charge < -0.3 is 9.47 Å². The van der Waals surface area contributed by atoms with Crippen LogP contribution in [0.15, 0.2) is 36.6 Å². The van der Waals surface area contributed by atoms with Crippen molar-refractivity contribution in [1.29, 1.82) is 0 Å². The van der Waals surface area contributed by atoms with Gasteiger partial charge in [0.15, 0.2) is 0 Å². The number of allylic oxidation sites excluding steroid dienone is 3. The van der Waals surface area contributed by atoms with E-state index in [-0.39, 0.29) is 16.9 Å². The van der Waals surface area contributed by atoms with E-state index in [2.05, 4.69) is 25.7 Å². The molecule has 82 valence electrons. The van der Waals surface area contributed by atoms with Gasteiger partial charge in [-0.1, -0.05) is 31.7 Å². The first kappa shape index (κ1) is 10.5. The smallest absolute Gasteiger partial charge is 0.105 e. The van der Waals surface area contributed by atoms with Gasteiger partial charge in [-0.25, -0.2) is 0 Å². The molecule has 0 aromatic heterocycles. The van der Waals surface area contributed by atoms with Gasteiger partial charge in [0, 0.05) is 12.5 Å². The van der Waals surface area contributed by atoms with E-state index in [0.29, 0.717) is 0 Å². The molecule has 0 amide bonds. The average Bonchev–Trinajstić information content (AvgIpc) is 2.74. The third-order valence-corrected chi connectivity index (χ3v) is 3.85. The van der Waals surface area contributed by atoms with Crippen LogP contribution in [0.25, 0.3) is 0 Å². The zero-order valence-electron chi connectivity index (χ0n) is 9.62. The van der Waals surface area contributed by atoms with E-state index in [4.69, 9.17) is 9.47 Å². The second-order valence-corrected chi connectivity index (χ2v) is 4.55. The highest BCUT2D eigenvalue weighted by Crippen LogP contribution is 2.74. The van der Waals surface area contributed by atoms with Gasteiger partial charge in [-0.2, -0.15) is 0 Å². The summed E-state index contributed by atoms with van der Waals surface area (Å²) in [7, 11) is 3.47. The van der Waals surface area contributed by atoms with E-state index in [1.807, 2.05) is 6.08 Å². The molecular weight excluding hydrogens is 188 g/mol. The van der Waals surface area contributed by atoms with E-state index in [9.17, 15) is 0 Å². The molecular formula is C13H18O2. The normalized spacial score (nSPS) is 42.6. The molecule has 0 spiro atoms. The zero-order valence-corrected chi connectivity index (χ0v) is 9.62. The summed E-state index contributed by atoms with van der Waals surface area (Å²) in [5, 5.41) is 0. The lowest BCUT2D eigenvalue weighted by atomic mass is 9.92. The summed E-state index contributed by atoms with van der Waals surface area (Å²) in [6.07, 6.45) is 9.34. The summed E-state index contributed by atoms with van der Waals surface area (Å²) in [5.74, 6) is 0.983. The summed E-state index contributed by atoms with van der Waals surface area (Å²) in [6, 6.07) is 0. The van der Waals surface area contributed by atoms with Gasteiger partial charge >= 0.3 is 0 Å². The van der Waals surface area contributed by atoms with Crippen LogP contribution in [0.4, 0.5) is 0 Å². The minimum Gasteiger partial charge on any atom is -0.500 e. The minimum absolute atomic E-state index is 0.0185. The predicted octanol–water partition coefficient (Wildman–Crippen LogP) is 2.68. The number of hydrogen-bond donors (Lipinski definition) is 0. The van der Waals surface area contributed by atoms with Gasteiger partial charge in [0.1, 0.15) is 5.76 Å². The quantitative estimate of drug-likeness (QED) is 0.400. The molecule has 2 heteroatoms. The lowest BCUT2D eigenvalue weighted by Crippen LogP contribution is -2.26. The summed E-state index contributed by atoms with van der Waals surface area (Å²) in [4.78, 5) is 0. The van der Waals surface area contributed by atoms with Crippen molar-refractivity contribution in [2.45, 2.75) is 19.4 Å². The molecule has 2 aliphatic rings. The van der Waals surface area contributed by atoms with Crippen molar-refractivity contribution >= 4 is 0 Å². The van der Waals surface area contributed by atoms with Crippen LogP contribution in [0.1, 0.15) is 13.3 Å². The molecule has 1 fully saturated rings. The van der Waals surface area contributed by atoms with E-state index in [1.54, 1.807) is 20.3 Å². The fourth-order valence-corrected chi connectivity index (χ4v) is 2.93. The molecule has 2 rings (SSSR count). The Labute approximate surface area is 91.3 Å². The number of methoxy groups -OCH3 is 2. The monoisotopic (exact) mass is 206 g/mol. The van der Waals surface area contributed by atoms with Gasteiger partial charge in [0.25, 0.3) is 0 Å². The molecule has 0 heterocycles. The highest BCUT2D eigenvalue weighted by atomic mass is 16.5. The molecule has 2 unspecified atom stereocenters. The first-order valence-electron chi connectivity index (χ1n) is 5.24. The van der Waals surface area contributed by atoms with Gasteiger partial charge in [-0.3, -0.25) is 0 Å². The number of fused-ring (bicyclic) bond motifs is 1. The molecule has 0 aromatic rings. The van der Waals surface area contributed by atoms with Crippen LogP contribution < -0.4 is 0 Å². The Balaban J connectivity index is 2.35. The summed E-state index contributed by atoms with van der Waals surface area (Å²) in [6.45, 7) is 5.97. The van der Waals surface area contributed by atoms with Gasteiger partial charge in [-0.15, -0.1) is 0 Å². The second-order valence-electron chi connectivity index (χ2n) is 4.55. The highest BCUT2D eigenvalue weighted by Gasteiger charge is 2.72. The summed E-state index contributed by atoms with van der Waals surface area (Å²) in [5.41, 5.74) is 0.225. The van der Waals surface area contributed by atoms with Crippen LogP contribution in [0.2, 0.25) is 0 Å². The maximum Gasteiger partial charge on any atom is 0.105 e. The van der Waals surface area contributed by atoms with Crippen LogP contribution in [-0.2, 0) is 9.47 Å². The third kappa shape index (κ3) is 1.14. The van der Waals surface area contributed by atoms with E-state index in [0.717, 1.165) is 12.2 Å². The molecule has 0 saturated heterocycles. The number of ether oxygens (including phenoxy) is 2. The van der Waals surface area contributed by atoms with E-state index < -0.39 is 0 Å². The second kappa shape index (κ2) is 3.24. The van der Waals surface area contributed by atoms with Crippen LogP contribution in [0.3, 0.4) is 0 Å². The lowest BCUT2D eigenvalue weighted by Gasteiger charge is -2.24. The molecule has 0 N–H and O–H groups in total. The van der Waals surface area contributed by atoms with E-state index in [1.165, 1.54) is 0 Å². The maximum absolute atomic E-state index is 5.52. The van der Waals surface area contributed by atoms with Crippen LogP contribution >= 0.6 is 0 Å². The number of hydrogen-bond acceptors (Lipinski definition) is 2. The van der Waals surface area contributed by atoms with Crippen LogP contribution in [0, 0.1) is 10.8 Å². The fourth-order valence-electron chi connectivity index (χ4n) is 2.93. The molecule has 15 heavy (non-hydrogen) atoms. The first-order chi connectivity index (χ1) is 7.14. The Morgan fingerprint density at radius 2 is 2.27 bits per heavy atom. The SMILES string of the molecule is C=C/C=C(/OC)C12CC1(C)C=C[C@H]2OC. The molecule has 0 radical (unpaired) electrons. The largest absolute Gasteiger partial charge is 0.500 e. The van der Waals surface area contributed by atoms with Crippen molar-refractivity contribution in [1.82, 2.24) is 0 Å². The van der Waals surface area contributed by atoms with Crippen molar-refractivity contribution in [3.05, 3.63) is 36.6 Å². The van der Waals surface area contributed by atoms with Gasteiger partial charge in [-0.05, 0) is 12.5 Å². The first-order valence-corrected chi connectivity index (χ1v) is 5.24. The highest BCUT2D eigenvalue weighted by molar-refractivity contribution is 5.42. The topological polar surface area (TPSA) is 18.5 Å². The van der Waals surface area contributed by atoms with Crippen molar-refractivity contribution in [3.8, 4) is 0 Å². The Morgan fingerprint density at radius 3 is 2.73 bits per heavy atom. The third-order valence-electron chi connectivity index (χ3n) is 3.85. The molecule has 2 aliphatic carbocycles. The molecule has 1 saturated carbocycles. The standard InChI is InChI=1S/C13H18O2/c1-5-6-10(14-3)13-9-12(13,2)8-7-11(13)15-4/h5-8,11H,1,9H2,2-4H3/b10-6+/t11-,12?,13?/m1/s1. The Morgan fingerprint density at radius 1 is 1.53 bits per heavy atom. The predicted molar refractivity (Wildman–Crippen MR) is 60.4 cm³/mol. The van der Waals surface area contributed by atoms with Crippen LogP contribution in [0.5, 0.6) is 0 Å². The molecule has 0 aromatic carbocycles. The van der Waals surface area contributed by atoms with Gasteiger partial charge in [0.2, 0.25) is 0 Å². The zero-order chi connectivity index (χ0) is 11.1. The lowest BCUT2D eigenvalue weighted by molar-refractivity contribution is 0.0597. The van der Waals surface area contributed by atoms with Crippen molar-refractivity contribution in [2.24, 2.45) is 10.8 Å². The number of rotatable bonds is 4. The summed E-state index contributed by atoms with van der Waals surface area (Å²) < 4.78 is 11.0.